The van der Waals surface area contributed by atoms with Gasteiger partial charge in [-0.15, -0.1) is 0 Å². The number of rotatable bonds is 7. The maximum atomic E-state index is 13.7. The monoisotopic (exact) mass is 305 g/mol. The smallest absolute Gasteiger partial charge is 0.220 e. The number of benzene rings is 1. The van der Waals surface area contributed by atoms with E-state index in [0.29, 0.717) is 36.3 Å². The zero-order chi connectivity index (χ0) is 15.9. The van der Waals surface area contributed by atoms with E-state index in [4.69, 9.17) is 9.52 Å². The van der Waals surface area contributed by atoms with Crippen LogP contribution in [0.15, 0.2) is 40.8 Å². The van der Waals surface area contributed by atoms with Gasteiger partial charge in [-0.2, -0.15) is 0 Å². The molecule has 118 valence electrons. The van der Waals surface area contributed by atoms with Gasteiger partial charge in [-0.3, -0.25) is 4.79 Å². The van der Waals surface area contributed by atoms with E-state index in [9.17, 15) is 9.18 Å². The van der Waals surface area contributed by atoms with Crippen LogP contribution in [0.5, 0.6) is 0 Å². The van der Waals surface area contributed by atoms with E-state index in [1.165, 1.54) is 6.07 Å². The number of carbonyl (C=O) groups excluding carboxylic acids is 1. The minimum absolute atomic E-state index is 0.0473. The van der Waals surface area contributed by atoms with Crippen molar-refractivity contribution < 1.29 is 18.7 Å². The van der Waals surface area contributed by atoms with Crippen molar-refractivity contribution in [3.05, 3.63) is 48.0 Å². The fourth-order valence-corrected chi connectivity index (χ4v) is 2.17. The summed E-state index contributed by atoms with van der Waals surface area (Å²) >= 11 is 0. The molecule has 2 N–H and O–H groups in total. The first-order valence-electron chi connectivity index (χ1n) is 7.34. The van der Waals surface area contributed by atoms with Crippen LogP contribution >= 0.6 is 0 Å². The second-order valence-electron chi connectivity index (χ2n) is 5.23. The van der Waals surface area contributed by atoms with Crippen LogP contribution in [0.25, 0.3) is 11.3 Å². The molecule has 4 nitrogen and oxygen atoms in total. The molecule has 0 aliphatic carbocycles. The lowest BCUT2D eigenvalue weighted by Gasteiger charge is -2.11. The third-order valence-corrected chi connectivity index (χ3v) is 3.37. The van der Waals surface area contributed by atoms with Gasteiger partial charge in [-0.1, -0.05) is 12.1 Å². The summed E-state index contributed by atoms with van der Waals surface area (Å²) in [6, 6.07) is 9.82. The minimum Gasteiger partial charge on any atom is -0.461 e. The number of aliphatic hydroxyl groups is 1. The van der Waals surface area contributed by atoms with Gasteiger partial charge in [0.2, 0.25) is 5.91 Å². The molecule has 0 aliphatic heterocycles. The third-order valence-electron chi connectivity index (χ3n) is 3.37. The van der Waals surface area contributed by atoms with Crippen LogP contribution in [0.3, 0.4) is 0 Å². The lowest BCUT2D eigenvalue weighted by Crippen LogP contribution is -2.33. The van der Waals surface area contributed by atoms with Gasteiger partial charge < -0.3 is 14.8 Å². The Morgan fingerprint density at radius 1 is 1.32 bits per heavy atom. The molecule has 1 heterocycles. The Labute approximate surface area is 129 Å². The van der Waals surface area contributed by atoms with Crippen molar-refractivity contribution in [2.45, 2.75) is 32.2 Å². The van der Waals surface area contributed by atoms with Crippen molar-refractivity contribution in [3.63, 3.8) is 0 Å². The van der Waals surface area contributed by atoms with E-state index in [-0.39, 0.29) is 24.4 Å². The summed E-state index contributed by atoms with van der Waals surface area (Å²) in [4.78, 5) is 11.7. The summed E-state index contributed by atoms with van der Waals surface area (Å²) in [5, 5.41) is 11.6. The average Bonchev–Trinajstić information content (AvgIpc) is 2.94. The normalized spacial score (nSPS) is 12.1. The summed E-state index contributed by atoms with van der Waals surface area (Å²) in [5.41, 5.74) is 0.412. The molecular formula is C17H20FNO3. The van der Waals surface area contributed by atoms with Crippen molar-refractivity contribution in [2.24, 2.45) is 0 Å². The fourth-order valence-electron chi connectivity index (χ4n) is 2.17. The van der Waals surface area contributed by atoms with Crippen LogP contribution in [-0.2, 0) is 11.2 Å². The second-order valence-corrected chi connectivity index (χ2v) is 5.23. The van der Waals surface area contributed by atoms with Crippen LogP contribution in [0.4, 0.5) is 4.39 Å². The Bertz CT molecular complexity index is 624. The van der Waals surface area contributed by atoms with Gasteiger partial charge >= 0.3 is 0 Å². The highest BCUT2D eigenvalue weighted by Crippen LogP contribution is 2.25. The minimum atomic E-state index is -0.334. The topological polar surface area (TPSA) is 62.5 Å². The largest absolute Gasteiger partial charge is 0.461 e. The van der Waals surface area contributed by atoms with E-state index in [0.717, 1.165) is 0 Å². The van der Waals surface area contributed by atoms with Crippen molar-refractivity contribution in [3.8, 4) is 11.3 Å². The number of amides is 1. The number of halogens is 1. The highest BCUT2D eigenvalue weighted by atomic mass is 19.1. The fraction of sp³-hybridized carbons (Fsp3) is 0.353. The van der Waals surface area contributed by atoms with Crippen molar-refractivity contribution in [2.75, 3.05) is 6.61 Å². The lowest BCUT2D eigenvalue weighted by molar-refractivity contribution is -0.121. The van der Waals surface area contributed by atoms with E-state index in [1.54, 1.807) is 30.3 Å². The molecule has 0 saturated carbocycles. The quantitative estimate of drug-likeness (QED) is 0.827. The Kier molecular flexibility index (Phi) is 5.72. The van der Waals surface area contributed by atoms with Crippen LogP contribution in [0.1, 0.15) is 25.5 Å². The molecule has 1 atom stereocenters. The zero-order valence-electron chi connectivity index (χ0n) is 12.5. The number of nitrogens with one attached hydrogen (secondary N) is 1. The molecule has 0 saturated heterocycles. The molecule has 1 unspecified atom stereocenters. The molecular weight excluding hydrogens is 285 g/mol. The Morgan fingerprint density at radius 2 is 2.09 bits per heavy atom. The predicted octanol–water partition coefficient (Wildman–Crippen LogP) is 2.91. The van der Waals surface area contributed by atoms with E-state index in [2.05, 4.69) is 5.32 Å². The Balaban J connectivity index is 1.90. The molecule has 2 rings (SSSR count). The van der Waals surface area contributed by atoms with Crippen molar-refractivity contribution >= 4 is 5.91 Å². The molecule has 22 heavy (non-hydrogen) atoms. The maximum Gasteiger partial charge on any atom is 0.220 e. The molecule has 5 heteroatoms. The SMILES string of the molecule is CC(CCO)NC(=O)CCc1ccc(-c2ccccc2F)o1. The summed E-state index contributed by atoms with van der Waals surface area (Å²) < 4.78 is 19.3. The lowest BCUT2D eigenvalue weighted by atomic mass is 10.1. The molecule has 2 aromatic rings. The molecule has 1 amide bonds. The number of aliphatic hydroxyl groups excluding tert-OH is 1. The molecule has 1 aromatic heterocycles. The van der Waals surface area contributed by atoms with Crippen molar-refractivity contribution in [1.29, 1.82) is 0 Å². The molecule has 1 aromatic carbocycles. The first-order valence-corrected chi connectivity index (χ1v) is 7.34. The summed E-state index contributed by atoms with van der Waals surface area (Å²) in [7, 11) is 0. The summed E-state index contributed by atoms with van der Waals surface area (Å²) in [5.74, 6) is 0.675. The van der Waals surface area contributed by atoms with Gasteiger partial charge in [0.15, 0.2) is 0 Å². The van der Waals surface area contributed by atoms with Gasteiger partial charge in [-0.25, -0.2) is 4.39 Å². The highest BCUT2D eigenvalue weighted by molar-refractivity contribution is 5.76. The van der Waals surface area contributed by atoms with Crippen LogP contribution in [-0.4, -0.2) is 23.7 Å². The first kappa shape index (κ1) is 16.2. The molecule has 0 fully saturated rings. The van der Waals surface area contributed by atoms with E-state index < -0.39 is 0 Å². The third kappa shape index (κ3) is 4.43. The molecule has 0 aliphatic rings. The van der Waals surface area contributed by atoms with Gasteiger partial charge in [0.05, 0.1) is 5.56 Å². The van der Waals surface area contributed by atoms with Crippen LogP contribution in [0, 0.1) is 5.82 Å². The number of carbonyl (C=O) groups is 1. The zero-order valence-corrected chi connectivity index (χ0v) is 12.5. The van der Waals surface area contributed by atoms with Gasteiger partial charge in [0.25, 0.3) is 0 Å². The van der Waals surface area contributed by atoms with Crippen molar-refractivity contribution in [1.82, 2.24) is 5.32 Å². The Morgan fingerprint density at radius 3 is 2.82 bits per heavy atom. The molecule has 0 spiro atoms. The van der Waals surface area contributed by atoms with Gasteiger partial charge in [0, 0.05) is 25.5 Å². The number of hydrogen-bond acceptors (Lipinski definition) is 3. The number of hydrogen-bond donors (Lipinski definition) is 2. The number of furan rings is 1. The summed E-state index contributed by atoms with van der Waals surface area (Å²) in [6.45, 7) is 1.89. The second kappa shape index (κ2) is 7.75. The summed E-state index contributed by atoms with van der Waals surface area (Å²) in [6.07, 6.45) is 1.27. The molecule has 0 radical (unpaired) electrons. The number of aryl methyl sites for hydroxylation is 1. The highest BCUT2D eigenvalue weighted by Gasteiger charge is 2.11. The standard InChI is InChI=1S/C17H20FNO3/c1-12(10-11-20)19-17(21)9-7-13-6-8-16(22-13)14-4-2-3-5-15(14)18/h2-6,8,12,20H,7,9-11H2,1H3,(H,19,21). The van der Waals surface area contributed by atoms with E-state index >= 15 is 0 Å². The van der Waals surface area contributed by atoms with Gasteiger partial charge in [0.1, 0.15) is 17.3 Å². The van der Waals surface area contributed by atoms with Crippen LogP contribution < -0.4 is 5.32 Å². The van der Waals surface area contributed by atoms with Gasteiger partial charge in [-0.05, 0) is 37.6 Å². The van der Waals surface area contributed by atoms with Crippen LogP contribution in [0.2, 0.25) is 0 Å². The predicted molar refractivity (Wildman–Crippen MR) is 81.7 cm³/mol. The maximum absolute atomic E-state index is 13.7. The average molecular weight is 305 g/mol. The first-order chi connectivity index (χ1) is 10.6. The molecule has 0 bridgehead atoms. The van der Waals surface area contributed by atoms with E-state index in [1.807, 2.05) is 6.92 Å². The Hall–Kier alpha value is -2.14.